The van der Waals surface area contributed by atoms with Crippen LogP contribution in [0.3, 0.4) is 0 Å². The minimum Gasteiger partial charge on any atom is -0.465 e. The molecule has 2 atom stereocenters. The highest BCUT2D eigenvalue weighted by atomic mass is 19.1. The Balaban J connectivity index is 1.41. The van der Waals surface area contributed by atoms with Gasteiger partial charge in [0.25, 0.3) is 5.91 Å². The number of nitrogens with one attached hydrogen (secondary N) is 1. The van der Waals surface area contributed by atoms with Crippen LogP contribution >= 0.6 is 0 Å². The highest BCUT2D eigenvalue weighted by Gasteiger charge is 2.43. The lowest BCUT2D eigenvalue weighted by Crippen LogP contribution is -2.52. The van der Waals surface area contributed by atoms with Crippen LogP contribution in [-0.4, -0.2) is 45.1 Å². The van der Waals surface area contributed by atoms with Crippen LogP contribution in [0.5, 0.6) is 0 Å². The van der Waals surface area contributed by atoms with Crippen molar-refractivity contribution >= 4 is 12.0 Å². The van der Waals surface area contributed by atoms with E-state index in [0.717, 1.165) is 12.8 Å². The van der Waals surface area contributed by atoms with Crippen LogP contribution in [-0.2, 0) is 0 Å². The highest BCUT2D eigenvalue weighted by molar-refractivity contribution is 5.94. The first-order valence-electron chi connectivity index (χ1n) is 9.05. The first-order valence-corrected chi connectivity index (χ1v) is 9.05. The topological polar surface area (TPSA) is 82.5 Å². The molecule has 2 aliphatic heterocycles. The number of carbonyl (C=O) groups excluding carboxylic acids is 1. The summed E-state index contributed by atoms with van der Waals surface area (Å²) in [5.41, 5.74) is 1.68. The predicted octanol–water partition coefficient (Wildman–Crippen LogP) is 3.29. The maximum Gasteiger partial charge on any atom is 0.407 e. The van der Waals surface area contributed by atoms with Gasteiger partial charge in [-0.3, -0.25) is 9.78 Å². The summed E-state index contributed by atoms with van der Waals surface area (Å²) >= 11 is 0. The number of benzene rings is 1. The van der Waals surface area contributed by atoms with Gasteiger partial charge in [-0.2, -0.15) is 0 Å². The van der Waals surface area contributed by atoms with Crippen molar-refractivity contribution in [3.05, 3.63) is 54.0 Å². The number of hydrogen-bond acceptors (Lipinski definition) is 3. The van der Waals surface area contributed by atoms with Crippen molar-refractivity contribution in [1.29, 1.82) is 0 Å². The summed E-state index contributed by atoms with van der Waals surface area (Å²) in [6.45, 7) is 0. The average Bonchev–Trinajstić information content (AvgIpc) is 2.93. The predicted molar refractivity (Wildman–Crippen MR) is 96.8 cm³/mol. The third kappa shape index (κ3) is 3.49. The number of nitrogens with zero attached hydrogens (tertiary/aromatic N) is 2. The Morgan fingerprint density at radius 1 is 1.15 bits per heavy atom. The molecule has 0 saturated carbocycles. The number of carbonyl (C=O) groups is 2. The van der Waals surface area contributed by atoms with E-state index in [-0.39, 0.29) is 29.8 Å². The molecule has 0 aliphatic carbocycles. The Labute approximate surface area is 156 Å². The van der Waals surface area contributed by atoms with Crippen molar-refractivity contribution < 1.29 is 19.1 Å². The number of carboxylic acid groups (broad SMARTS) is 1. The minimum atomic E-state index is -0.871. The summed E-state index contributed by atoms with van der Waals surface area (Å²) in [5.74, 6) is -0.556. The van der Waals surface area contributed by atoms with Crippen molar-refractivity contribution in [3.63, 3.8) is 0 Å². The van der Waals surface area contributed by atoms with Crippen LogP contribution in [0.4, 0.5) is 9.18 Å². The zero-order chi connectivity index (χ0) is 19.0. The largest absolute Gasteiger partial charge is 0.465 e. The number of rotatable bonds is 3. The third-order valence-corrected chi connectivity index (χ3v) is 5.44. The molecule has 2 amide bonds. The molecule has 27 heavy (non-hydrogen) atoms. The molecular formula is C20H20FN3O3. The molecule has 0 spiro atoms. The van der Waals surface area contributed by atoms with Gasteiger partial charge in [-0.15, -0.1) is 0 Å². The van der Waals surface area contributed by atoms with Gasteiger partial charge in [0.05, 0.1) is 11.3 Å². The van der Waals surface area contributed by atoms with Crippen molar-refractivity contribution in [2.24, 2.45) is 0 Å². The van der Waals surface area contributed by atoms with Crippen LogP contribution in [0.2, 0.25) is 0 Å². The Morgan fingerprint density at radius 3 is 2.48 bits per heavy atom. The lowest BCUT2D eigenvalue weighted by molar-refractivity contribution is 0.0810. The number of amides is 2. The van der Waals surface area contributed by atoms with Gasteiger partial charge in [0, 0.05) is 29.9 Å². The fourth-order valence-electron chi connectivity index (χ4n) is 4.22. The summed E-state index contributed by atoms with van der Waals surface area (Å²) in [4.78, 5) is 29.7. The summed E-state index contributed by atoms with van der Waals surface area (Å²) in [6.07, 6.45) is 3.60. The minimum absolute atomic E-state index is 0.0139. The van der Waals surface area contributed by atoms with E-state index in [1.54, 1.807) is 24.3 Å². The smallest absolute Gasteiger partial charge is 0.407 e. The molecule has 7 heteroatoms. The molecule has 2 N–H and O–H groups in total. The van der Waals surface area contributed by atoms with E-state index in [1.165, 1.54) is 23.2 Å². The van der Waals surface area contributed by atoms with E-state index >= 15 is 0 Å². The van der Waals surface area contributed by atoms with Gasteiger partial charge >= 0.3 is 6.09 Å². The second kappa shape index (κ2) is 6.98. The van der Waals surface area contributed by atoms with Crippen LogP contribution < -0.4 is 5.32 Å². The molecule has 2 unspecified atom stereocenters. The first-order chi connectivity index (χ1) is 13.0. The number of pyridine rings is 1. The molecule has 6 nitrogen and oxygen atoms in total. The summed E-state index contributed by atoms with van der Waals surface area (Å²) < 4.78 is 13.3. The molecule has 2 aliphatic rings. The third-order valence-electron chi connectivity index (χ3n) is 5.44. The van der Waals surface area contributed by atoms with Crippen molar-refractivity contribution in [1.82, 2.24) is 15.2 Å². The molecule has 2 fully saturated rings. The lowest BCUT2D eigenvalue weighted by atomic mass is 9.97. The maximum absolute atomic E-state index is 13.3. The van der Waals surface area contributed by atoms with Crippen molar-refractivity contribution in [2.45, 2.75) is 43.8 Å². The van der Waals surface area contributed by atoms with Crippen molar-refractivity contribution in [3.8, 4) is 11.3 Å². The summed E-state index contributed by atoms with van der Waals surface area (Å²) in [7, 11) is 0. The number of piperidine rings is 1. The summed E-state index contributed by atoms with van der Waals surface area (Å²) in [6, 6.07) is 9.45. The first kappa shape index (κ1) is 17.5. The molecule has 1 aromatic heterocycles. The van der Waals surface area contributed by atoms with Gasteiger partial charge in [-0.1, -0.05) is 12.1 Å². The highest BCUT2D eigenvalue weighted by Crippen LogP contribution is 2.35. The molecule has 1 aromatic carbocycles. The molecule has 4 rings (SSSR count). The van der Waals surface area contributed by atoms with Gasteiger partial charge in [0.2, 0.25) is 0 Å². The fraction of sp³-hybridized carbons (Fsp3) is 0.350. The number of halogens is 1. The Morgan fingerprint density at radius 2 is 1.89 bits per heavy atom. The Kier molecular flexibility index (Phi) is 4.51. The average molecular weight is 369 g/mol. The Hall–Kier alpha value is -2.96. The van der Waals surface area contributed by atoms with Gasteiger partial charge in [0.1, 0.15) is 5.82 Å². The molecule has 140 valence electrons. The number of hydrogen-bond donors (Lipinski definition) is 2. The molecule has 3 heterocycles. The SMILES string of the molecule is O=C(NC1CC2CCC(C1)N2C(=O)O)c1ccc(-c2cccc(F)c2)nc1. The van der Waals surface area contributed by atoms with Gasteiger partial charge in [-0.25, -0.2) is 9.18 Å². The van der Waals surface area contributed by atoms with E-state index in [9.17, 15) is 19.1 Å². The molecule has 0 radical (unpaired) electrons. The van der Waals surface area contributed by atoms with Crippen molar-refractivity contribution in [2.75, 3.05) is 0 Å². The van der Waals surface area contributed by atoms with Gasteiger partial charge in [0.15, 0.2) is 0 Å². The van der Waals surface area contributed by atoms with E-state index in [0.29, 0.717) is 29.7 Å². The number of fused-ring (bicyclic) bond motifs is 2. The molecule has 2 aromatic rings. The summed E-state index contributed by atoms with van der Waals surface area (Å²) in [5, 5.41) is 12.3. The zero-order valence-electron chi connectivity index (χ0n) is 14.6. The van der Waals surface area contributed by atoms with Gasteiger partial charge in [-0.05, 0) is 49.9 Å². The molecule has 2 saturated heterocycles. The van der Waals surface area contributed by atoms with Crippen LogP contribution in [0.15, 0.2) is 42.6 Å². The second-order valence-electron chi connectivity index (χ2n) is 7.16. The second-order valence-corrected chi connectivity index (χ2v) is 7.16. The van der Waals surface area contributed by atoms with Crippen LogP contribution in [0.1, 0.15) is 36.0 Å². The molecular weight excluding hydrogens is 349 g/mol. The normalized spacial score (nSPS) is 23.9. The van der Waals surface area contributed by atoms with E-state index in [4.69, 9.17) is 0 Å². The number of aromatic nitrogens is 1. The standard InChI is InChI=1S/C20H20FN3O3/c21-14-3-1-2-12(8-14)18-7-4-13(11-22-18)19(25)23-15-9-16-5-6-17(10-15)24(16)20(26)27/h1-4,7-8,11,15-17H,5-6,9-10H2,(H,23,25)(H,26,27). The zero-order valence-corrected chi connectivity index (χ0v) is 14.6. The lowest BCUT2D eigenvalue weighted by Gasteiger charge is -2.37. The van der Waals surface area contributed by atoms with Crippen LogP contribution in [0.25, 0.3) is 11.3 Å². The Bertz CT molecular complexity index is 857. The fourth-order valence-corrected chi connectivity index (χ4v) is 4.22. The quantitative estimate of drug-likeness (QED) is 0.870. The van der Waals surface area contributed by atoms with E-state index in [1.807, 2.05) is 0 Å². The maximum atomic E-state index is 13.3. The van der Waals surface area contributed by atoms with Crippen LogP contribution in [0, 0.1) is 5.82 Å². The van der Waals surface area contributed by atoms with E-state index in [2.05, 4.69) is 10.3 Å². The van der Waals surface area contributed by atoms with Gasteiger partial charge < -0.3 is 15.3 Å². The monoisotopic (exact) mass is 369 g/mol. The molecule has 2 bridgehead atoms. The van der Waals surface area contributed by atoms with E-state index < -0.39 is 6.09 Å².